The molecule has 0 saturated carbocycles. The second kappa shape index (κ2) is 8.10. The van der Waals surface area contributed by atoms with Crippen LogP contribution in [0.5, 0.6) is 0 Å². The van der Waals surface area contributed by atoms with Crippen LogP contribution in [0, 0.1) is 0 Å². The fourth-order valence-corrected chi connectivity index (χ4v) is 2.45. The van der Waals surface area contributed by atoms with E-state index in [1.807, 2.05) is 0 Å². The van der Waals surface area contributed by atoms with Gasteiger partial charge in [0.25, 0.3) is 0 Å². The summed E-state index contributed by atoms with van der Waals surface area (Å²) in [5.74, 6) is 0. The van der Waals surface area contributed by atoms with Crippen LogP contribution in [0.15, 0.2) is 0 Å². The van der Waals surface area contributed by atoms with Crippen molar-refractivity contribution < 1.29 is 0 Å². The quantitative estimate of drug-likeness (QED) is 0.645. The van der Waals surface area contributed by atoms with Crippen molar-refractivity contribution in [2.24, 2.45) is 5.73 Å². The second-order valence-corrected chi connectivity index (χ2v) is 5.98. The molecule has 1 aliphatic heterocycles. The average Bonchev–Trinajstić information content (AvgIpc) is 2.38. The van der Waals surface area contributed by atoms with E-state index in [4.69, 9.17) is 5.73 Å². The summed E-state index contributed by atoms with van der Waals surface area (Å²) in [6.45, 7) is 9.71. The Kier molecular flexibility index (Phi) is 7.15. The van der Waals surface area contributed by atoms with Gasteiger partial charge in [-0.05, 0) is 20.4 Å². The number of nitrogens with one attached hydrogen (secondary N) is 1. The lowest BCUT2D eigenvalue weighted by Crippen LogP contribution is -2.60. The maximum Gasteiger partial charge on any atom is 0.0420 e. The zero-order valence-electron chi connectivity index (χ0n) is 12.5. The van der Waals surface area contributed by atoms with Gasteiger partial charge in [-0.25, -0.2) is 10.4 Å². The van der Waals surface area contributed by atoms with E-state index in [0.717, 1.165) is 26.2 Å². The lowest BCUT2D eigenvalue weighted by molar-refractivity contribution is 0.0567. The van der Waals surface area contributed by atoms with Crippen molar-refractivity contribution in [2.45, 2.75) is 51.5 Å². The van der Waals surface area contributed by atoms with Crippen molar-refractivity contribution in [1.29, 1.82) is 0 Å². The van der Waals surface area contributed by atoms with E-state index in [1.54, 1.807) is 0 Å². The highest BCUT2D eigenvalue weighted by Gasteiger charge is 2.25. The van der Waals surface area contributed by atoms with Gasteiger partial charge in [0.15, 0.2) is 0 Å². The molecule has 0 aromatic carbocycles. The maximum absolute atomic E-state index is 5.97. The van der Waals surface area contributed by atoms with Crippen LogP contribution >= 0.6 is 0 Å². The molecule has 0 radical (unpaired) electrons. The SMILES string of the molecule is CCCCCCC(C)(CN)NN1CCN(C)CC1. The van der Waals surface area contributed by atoms with Gasteiger partial charge in [0.05, 0.1) is 0 Å². The van der Waals surface area contributed by atoms with Crippen LogP contribution in [-0.4, -0.2) is 55.2 Å². The van der Waals surface area contributed by atoms with Gasteiger partial charge in [-0.1, -0.05) is 32.6 Å². The molecule has 0 bridgehead atoms. The topological polar surface area (TPSA) is 44.5 Å². The standard InChI is InChI=1S/C14H32N4/c1-4-5-6-7-8-14(2,13-15)16-18-11-9-17(3)10-12-18/h16H,4-13,15H2,1-3H3. The van der Waals surface area contributed by atoms with Crippen LogP contribution in [0.1, 0.15) is 46.0 Å². The third-order valence-electron chi connectivity index (χ3n) is 3.96. The van der Waals surface area contributed by atoms with Gasteiger partial charge < -0.3 is 10.6 Å². The van der Waals surface area contributed by atoms with E-state index in [1.165, 1.54) is 32.1 Å². The summed E-state index contributed by atoms with van der Waals surface area (Å²) in [4.78, 5) is 2.37. The lowest BCUT2D eigenvalue weighted by Gasteiger charge is -2.40. The van der Waals surface area contributed by atoms with Gasteiger partial charge in [-0.2, -0.15) is 0 Å². The summed E-state index contributed by atoms with van der Waals surface area (Å²) < 4.78 is 0. The van der Waals surface area contributed by atoms with Crippen LogP contribution in [0.4, 0.5) is 0 Å². The monoisotopic (exact) mass is 256 g/mol. The molecule has 18 heavy (non-hydrogen) atoms. The van der Waals surface area contributed by atoms with E-state index >= 15 is 0 Å². The summed E-state index contributed by atoms with van der Waals surface area (Å²) in [6, 6.07) is 0. The maximum atomic E-state index is 5.97. The highest BCUT2D eigenvalue weighted by molar-refractivity contribution is 4.84. The number of hydrazine groups is 1. The zero-order valence-corrected chi connectivity index (χ0v) is 12.5. The molecule has 1 saturated heterocycles. The largest absolute Gasteiger partial charge is 0.329 e. The minimum atomic E-state index is 0.0731. The number of piperazine rings is 1. The van der Waals surface area contributed by atoms with Crippen LogP contribution in [0.3, 0.4) is 0 Å². The van der Waals surface area contributed by atoms with Crippen LogP contribution < -0.4 is 11.2 Å². The van der Waals surface area contributed by atoms with Gasteiger partial charge in [-0.15, -0.1) is 0 Å². The van der Waals surface area contributed by atoms with Crippen molar-refractivity contribution >= 4 is 0 Å². The number of rotatable bonds is 8. The van der Waals surface area contributed by atoms with E-state index in [0.29, 0.717) is 6.54 Å². The Bertz CT molecular complexity index is 214. The molecule has 4 heteroatoms. The van der Waals surface area contributed by atoms with E-state index in [2.05, 4.69) is 36.2 Å². The number of hydrogen-bond acceptors (Lipinski definition) is 4. The molecule has 0 spiro atoms. The van der Waals surface area contributed by atoms with Crippen LogP contribution in [0.25, 0.3) is 0 Å². The molecular weight excluding hydrogens is 224 g/mol. The summed E-state index contributed by atoms with van der Waals surface area (Å²) in [5.41, 5.74) is 9.70. The highest BCUT2D eigenvalue weighted by Crippen LogP contribution is 2.15. The van der Waals surface area contributed by atoms with Gasteiger partial charge in [0.2, 0.25) is 0 Å². The molecule has 0 aromatic heterocycles. The Morgan fingerprint density at radius 3 is 2.33 bits per heavy atom. The van der Waals surface area contributed by atoms with Crippen LogP contribution in [0.2, 0.25) is 0 Å². The molecule has 108 valence electrons. The molecule has 0 aliphatic carbocycles. The second-order valence-electron chi connectivity index (χ2n) is 5.98. The molecule has 1 unspecified atom stereocenters. The number of nitrogens with two attached hydrogens (primary N) is 1. The molecule has 0 amide bonds. The van der Waals surface area contributed by atoms with Gasteiger partial charge in [0.1, 0.15) is 0 Å². The first-order valence-electron chi connectivity index (χ1n) is 7.51. The number of unbranched alkanes of at least 4 members (excludes halogenated alkanes) is 3. The molecule has 0 aromatic rings. The fraction of sp³-hybridized carbons (Fsp3) is 1.00. The molecule has 3 N–H and O–H groups in total. The first-order chi connectivity index (χ1) is 8.59. The van der Waals surface area contributed by atoms with Crippen molar-refractivity contribution in [3.63, 3.8) is 0 Å². The van der Waals surface area contributed by atoms with Crippen molar-refractivity contribution in [1.82, 2.24) is 15.3 Å². The van der Waals surface area contributed by atoms with Crippen molar-refractivity contribution in [3.05, 3.63) is 0 Å². The first-order valence-corrected chi connectivity index (χ1v) is 7.51. The van der Waals surface area contributed by atoms with E-state index < -0.39 is 0 Å². The van der Waals surface area contributed by atoms with E-state index in [9.17, 15) is 0 Å². The Morgan fingerprint density at radius 1 is 1.11 bits per heavy atom. The van der Waals surface area contributed by atoms with Crippen LogP contribution in [-0.2, 0) is 0 Å². The normalized spacial score (nSPS) is 22.0. The number of nitrogens with zero attached hydrogens (tertiary/aromatic N) is 2. The summed E-state index contributed by atoms with van der Waals surface area (Å²) in [5, 5.41) is 2.35. The minimum absolute atomic E-state index is 0.0731. The molecule has 1 aliphatic rings. The molecule has 1 heterocycles. The minimum Gasteiger partial charge on any atom is -0.329 e. The van der Waals surface area contributed by atoms with Gasteiger partial charge in [0, 0.05) is 38.3 Å². The fourth-order valence-electron chi connectivity index (χ4n) is 2.45. The van der Waals surface area contributed by atoms with Crippen molar-refractivity contribution in [2.75, 3.05) is 39.8 Å². The highest BCUT2D eigenvalue weighted by atomic mass is 15.5. The Labute approximate surface area is 113 Å². The van der Waals surface area contributed by atoms with Gasteiger partial charge in [-0.3, -0.25) is 0 Å². The number of likely N-dealkylation sites (N-methyl/N-ethyl adjacent to an activating group) is 1. The Hall–Kier alpha value is -0.160. The summed E-state index contributed by atoms with van der Waals surface area (Å²) >= 11 is 0. The molecule has 4 nitrogen and oxygen atoms in total. The predicted molar refractivity (Wildman–Crippen MR) is 78.4 cm³/mol. The smallest absolute Gasteiger partial charge is 0.0420 e. The van der Waals surface area contributed by atoms with E-state index in [-0.39, 0.29) is 5.54 Å². The molecule has 1 atom stereocenters. The Morgan fingerprint density at radius 2 is 1.78 bits per heavy atom. The third-order valence-corrected chi connectivity index (χ3v) is 3.96. The predicted octanol–water partition coefficient (Wildman–Crippen LogP) is 1.43. The van der Waals surface area contributed by atoms with Gasteiger partial charge >= 0.3 is 0 Å². The summed E-state index contributed by atoms with van der Waals surface area (Å²) in [7, 11) is 2.18. The summed E-state index contributed by atoms with van der Waals surface area (Å²) in [6.07, 6.45) is 6.43. The Balaban J connectivity index is 2.29. The zero-order chi connectivity index (χ0) is 13.4. The average molecular weight is 256 g/mol. The molecule has 1 fully saturated rings. The van der Waals surface area contributed by atoms with Crippen molar-refractivity contribution in [3.8, 4) is 0 Å². The lowest BCUT2D eigenvalue weighted by atomic mass is 9.95. The number of hydrogen-bond donors (Lipinski definition) is 2. The molecular formula is C14H32N4. The first kappa shape index (κ1) is 15.9. The third kappa shape index (κ3) is 5.65. The molecule has 1 rings (SSSR count).